The monoisotopic (exact) mass is 315 g/mol. The third kappa shape index (κ3) is 3.70. The maximum Gasteiger partial charge on any atom is 0.0462 e. The average Bonchev–Trinajstić information content (AvgIpc) is 2.68. The first-order chi connectivity index (χ1) is 8.16. The number of nitrogens with one attached hydrogen (secondary N) is 1. The summed E-state index contributed by atoms with van der Waals surface area (Å²) in [6.45, 7) is 4.36. The molecule has 0 radical (unpaired) electrons. The van der Waals surface area contributed by atoms with Crippen molar-refractivity contribution in [2.45, 2.75) is 32.7 Å². The molecule has 1 aliphatic rings. The summed E-state index contributed by atoms with van der Waals surface area (Å²) < 4.78 is 1.04. The van der Waals surface area contributed by atoms with E-state index in [1.807, 2.05) is 12.1 Å². The van der Waals surface area contributed by atoms with Crippen molar-refractivity contribution in [3.05, 3.63) is 33.3 Å². The molecule has 0 spiro atoms. The van der Waals surface area contributed by atoms with Crippen molar-refractivity contribution < 1.29 is 0 Å². The highest BCUT2D eigenvalue weighted by Crippen LogP contribution is 2.30. The summed E-state index contributed by atoms with van der Waals surface area (Å²) in [7, 11) is 0. The van der Waals surface area contributed by atoms with E-state index in [0.29, 0.717) is 0 Å². The fraction of sp³-hybridized carbons (Fsp3) is 0.571. The Morgan fingerprint density at radius 3 is 2.88 bits per heavy atom. The van der Waals surface area contributed by atoms with Gasteiger partial charge in [0.15, 0.2) is 0 Å². The smallest absolute Gasteiger partial charge is 0.0462 e. The molecule has 1 aliphatic carbocycles. The topological polar surface area (TPSA) is 12.0 Å². The van der Waals surface area contributed by atoms with Gasteiger partial charge < -0.3 is 5.32 Å². The van der Waals surface area contributed by atoms with Crippen molar-refractivity contribution in [1.82, 2.24) is 5.32 Å². The molecule has 0 amide bonds. The third-order valence-electron chi connectivity index (χ3n) is 3.78. The molecule has 2 unspecified atom stereocenters. The first kappa shape index (κ1) is 13.4. The van der Waals surface area contributed by atoms with E-state index < -0.39 is 0 Å². The number of rotatable bonds is 4. The van der Waals surface area contributed by atoms with Gasteiger partial charge in [0.1, 0.15) is 0 Å². The summed E-state index contributed by atoms with van der Waals surface area (Å²) in [6.07, 6.45) is 4.17. The predicted molar refractivity (Wildman–Crippen MR) is 77.4 cm³/mol. The molecule has 0 aliphatic heterocycles. The van der Waals surface area contributed by atoms with E-state index in [-0.39, 0.29) is 0 Å². The van der Waals surface area contributed by atoms with Crippen molar-refractivity contribution in [2.75, 3.05) is 6.54 Å². The zero-order valence-corrected chi connectivity index (χ0v) is 12.5. The second kappa shape index (κ2) is 6.21. The number of hydrogen-bond acceptors (Lipinski definition) is 1. The zero-order chi connectivity index (χ0) is 12.3. The van der Waals surface area contributed by atoms with E-state index in [4.69, 9.17) is 11.6 Å². The summed E-state index contributed by atoms with van der Waals surface area (Å²) >= 11 is 9.60. The predicted octanol–water partition coefficient (Wildman–Crippen LogP) is 4.63. The first-order valence-corrected chi connectivity index (χ1v) is 7.48. The van der Waals surface area contributed by atoms with Crippen LogP contribution in [0.4, 0.5) is 0 Å². The van der Waals surface area contributed by atoms with E-state index >= 15 is 0 Å². The Hall–Kier alpha value is -0.0500. The molecular weight excluding hydrogens is 298 g/mol. The van der Waals surface area contributed by atoms with Gasteiger partial charge in [0.25, 0.3) is 0 Å². The third-order valence-corrected chi connectivity index (χ3v) is 4.62. The van der Waals surface area contributed by atoms with Crippen LogP contribution in [0.25, 0.3) is 0 Å². The number of halogens is 2. The molecule has 94 valence electrons. The molecule has 2 rings (SSSR count). The molecule has 1 saturated carbocycles. The van der Waals surface area contributed by atoms with Crippen LogP contribution in [-0.2, 0) is 6.54 Å². The molecule has 3 heteroatoms. The summed E-state index contributed by atoms with van der Waals surface area (Å²) in [5, 5.41) is 4.37. The Kier molecular flexibility index (Phi) is 4.89. The Labute approximate surface area is 117 Å². The number of benzene rings is 1. The SMILES string of the molecule is CC1CCCC1CNCc1ccc(Br)cc1Cl. The Morgan fingerprint density at radius 2 is 2.24 bits per heavy atom. The molecule has 17 heavy (non-hydrogen) atoms. The molecule has 1 N–H and O–H groups in total. The summed E-state index contributed by atoms with van der Waals surface area (Å²) in [5.41, 5.74) is 1.18. The van der Waals surface area contributed by atoms with Crippen LogP contribution in [0.5, 0.6) is 0 Å². The molecule has 0 saturated heterocycles. The van der Waals surface area contributed by atoms with E-state index in [1.165, 1.54) is 24.8 Å². The van der Waals surface area contributed by atoms with Crippen LogP contribution in [0.3, 0.4) is 0 Å². The maximum atomic E-state index is 6.18. The lowest BCUT2D eigenvalue weighted by Gasteiger charge is -2.16. The minimum absolute atomic E-state index is 0.839. The van der Waals surface area contributed by atoms with Crippen LogP contribution in [0.15, 0.2) is 22.7 Å². The molecule has 1 nitrogen and oxygen atoms in total. The fourth-order valence-electron chi connectivity index (χ4n) is 2.58. The van der Waals surface area contributed by atoms with Crippen molar-refractivity contribution >= 4 is 27.5 Å². The summed E-state index contributed by atoms with van der Waals surface area (Å²) in [6, 6.07) is 6.08. The van der Waals surface area contributed by atoms with Gasteiger partial charge in [0.05, 0.1) is 0 Å². The van der Waals surface area contributed by atoms with Gasteiger partial charge in [-0.25, -0.2) is 0 Å². The van der Waals surface area contributed by atoms with Crippen LogP contribution in [0.1, 0.15) is 31.7 Å². The Balaban J connectivity index is 1.81. The van der Waals surface area contributed by atoms with Crippen molar-refractivity contribution in [1.29, 1.82) is 0 Å². The van der Waals surface area contributed by atoms with Gasteiger partial charge in [-0.3, -0.25) is 0 Å². The lowest BCUT2D eigenvalue weighted by Crippen LogP contribution is -2.24. The highest BCUT2D eigenvalue weighted by molar-refractivity contribution is 9.10. The molecule has 2 atom stereocenters. The minimum atomic E-state index is 0.839. The largest absolute Gasteiger partial charge is 0.312 e. The highest BCUT2D eigenvalue weighted by atomic mass is 79.9. The first-order valence-electron chi connectivity index (χ1n) is 6.31. The molecule has 0 heterocycles. The van der Waals surface area contributed by atoms with Gasteiger partial charge in [-0.1, -0.05) is 53.4 Å². The number of hydrogen-bond donors (Lipinski definition) is 1. The Bertz CT molecular complexity index is 380. The van der Waals surface area contributed by atoms with Gasteiger partial charge in [-0.2, -0.15) is 0 Å². The van der Waals surface area contributed by atoms with E-state index in [1.54, 1.807) is 0 Å². The van der Waals surface area contributed by atoms with Crippen LogP contribution in [0, 0.1) is 11.8 Å². The van der Waals surface area contributed by atoms with Crippen LogP contribution in [0.2, 0.25) is 5.02 Å². The molecule has 1 aromatic carbocycles. The fourth-order valence-corrected chi connectivity index (χ4v) is 3.32. The standard InChI is InChI=1S/C14H19BrClN/c1-10-3-2-4-11(10)8-17-9-12-5-6-13(15)7-14(12)16/h5-7,10-11,17H,2-4,8-9H2,1H3. The summed E-state index contributed by atoms with van der Waals surface area (Å²) in [4.78, 5) is 0. The van der Waals surface area contributed by atoms with E-state index in [2.05, 4.69) is 34.2 Å². The summed E-state index contributed by atoms with van der Waals surface area (Å²) in [5.74, 6) is 1.73. The van der Waals surface area contributed by atoms with Crippen molar-refractivity contribution in [2.24, 2.45) is 11.8 Å². The quantitative estimate of drug-likeness (QED) is 0.854. The molecule has 1 aromatic rings. The minimum Gasteiger partial charge on any atom is -0.312 e. The van der Waals surface area contributed by atoms with Gasteiger partial charge in [0.2, 0.25) is 0 Å². The molecule has 0 aromatic heterocycles. The Morgan fingerprint density at radius 1 is 1.41 bits per heavy atom. The van der Waals surface area contributed by atoms with E-state index in [9.17, 15) is 0 Å². The van der Waals surface area contributed by atoms with E-state index in [0.717, 1.165) is 34.4 Å². The second-order valence-corrected chi connectivity index (χ2v) is 6.36. The van der Waals surface area contributed by atoms with Gasteiger partial charge in [-0.05, 0) is 42.5 Å². The molecule has 1 fully saturated rings. The van der Waals surface area contributed by atoms with Crippen LogP contribution < -0.4 is 5.32 Å². The van der Waals surface area contributed by atoms with Gasteiger partial charge in [-0.15, -0.1) is 0 Å². The lowest BCUT2D eigenvalue weighted by atomic mass is 9.98. The van der Waals surface area contributed by atoms with Gasteiger partial charge >= 0.3 is 0 Å². The van der Waals surface area contributed by atoms with Crippen molar-refractivity contribution in [3.63, 3.8) is 0 Å². The molecule has 0 bridgehead atoms. The maximum absolute atomic E-state index is 6.18. The second-order valence-electron chi connectivity index (χ2n) is 5.03. The zero-order valence-electron chi connectivity index (χ0n) is 10.2. The van der Waals surface area contributed by atoms with Crippen LogP contribution in [-0.4, -0.2) is 6.54 Å². The van der Waals surface area contributed by atoms with Gasteiger partial charge in [0, 0.05) is 16.0 Å². The molecular formula is C14H19BrClN. The average molecular weight is 317 g/mol. The van der Waals surface area contributed by atoms with Crippen molar-refractivity contribution in [3.8, 4) is 0 Å². The normalized spacial score (nSPS) is 24.2. The highest BCUT2D eigenvalue weighted by Gasteiger charge is 2.22. The van der Waals surface area contributed by atoms with Crippen LogP contribution >= 0.6 is 27.5 Å². The lowest BCUT2D eigenvalue weighted by molar-refractivity contribution is 0.392.